The molecule has 5 rings (SSSR count). The number of fused-ring (bicyclic) bond motifs is 1. The number of nitrogens with one attached hydrogen (secondary N) is 1. The average Bonchev–Trinajstić information content (AvgIpc) is 3.31. The lowest BCUT2D eigenvalue weighted by molar-refractivity contribution is -0.138. The van der Waals surface area contributed by atoms with Gasteiger partial charge in [-0.15, -0.1) is 0 Å². The van der Waals surface area contributed by atoms with Crippen molar-refractivity contribution in [2.75, 3.05) is 30.4 Å². The molecule has 3 aromatic rings. The molecule has 2 amide bonds. The molecule has 1 saturated carbocycles. The summed E-state index contributed by atoms with van der Waals surface area (Å²) in [7, 11) is 2.77. The van der Waals surface area contributed by atoms with Crippen LogP contribution in [0.4, 0.5) is 29.3 Å². The van der Waals surface area contributed by atoms with Crippen molar-refractivity contribution in [3.05, 3.63) is 46.8 Å². The smallest absolute Gasteiger partial charge is 0.417 e. The molecule has 0 unspecified atom stereocenters. The Balaban J connectivity index is 1.21. The van der Waals surface area contributed by atoms with E-state index in [4.69, 9.17) is 4.74 Å². The molecule has 2 aliphatic rings. The van der Waals surface area contributed by atoms with Crippen molar-refractivity contribution >= 4 is 22.9 Å². The maximum Gasteiger partial charge on any atom is 0.417 e. The normalized spacial score (nSPS) is 20.3. The first-order chi connectivity index (χ1) is 18.0. The number of nitrogens with zero attached hydrogens (tertiary/aromatic N) is 6. The second kappa shape index (κ2) is 9.82. The maximum atomic E-state index is 13.1. The molecule has 2 N–H and O–H groups in total. The van der Waals surface area contributed by atoms with Crippen molar-refractivity contribution < 1.29 is 27.8 Å². The zero-order valence-corrected chi connectivity index (χ0v) is 20.9. The van der Waals surface area contributed by atoms with E-state index in [9.17, 15) is 27.9 Å². The molecule has 3 aromatic heterocycles. The van der Waals surface area contributed by atoms with Crippen molar-refractivity contribution in [2.45, 2.75) is 50.1 Å². The minimum absolute atomic E-state index is 0.172. The number of urea groups is 1. The summed E-state index contributed by atoms with van der Waals surface area (Å²) in [4.78, 5) is 33.0. The van der Waals surface area contributed by atoms with Crippen molar-refractivity contribution in [1.29, 1.82) is 0 Å². The molecule has 11 nitrogen and oxygen atoms in total. The van der Waals surface area contributed by atoms with Crippen LogP contribution in [0.5, 0.6) is 5.88 Å². The summed E-state index contributed by atoms with van der Waals surface area (Å²) in [5.74, 6) is 0.387. The van der Waals surface area contributed by atoms with Gasteiger partial charge in [-0.25, -0.2) is 14.3 Å². The van der Waals surface area contributed by atoms with Crippen LogP contribution in [0.25, 0.3) is 5.52 Å². The van der Waals surface area contributed by atoms with Crippen LogP contribution in [-0.2, 0) is 13.2 Å². The maximum absolute atomic E-state index is 13.1. The third-order valence-corrected chi connectivity index (χ3v) is 7.23. The lowest BCUT2D eigenvalue weighted by Crippen LogP contribution is -2.47. The summed E-state index contributed by atoms with van der Waals surface area (Å²) in [6.07, 6.45) is 3.11. The Morgan fingerprint density at radius 2 is 1.92 bits per heavy atom. The molecule has 4 heterocycles. The Bertz CT molecular complexity index is 1400. The van der Waals surface area contributed by atoms with Crippen LogP contribution in [0.2, 0.25) is 0 Å². The molecular weight excluding hydrogens is 507 g/mol. The topological polar surface area (TPSA) is 117 Å². The number of alkyl halides is 3. The predicted molar refractivity (Wildman–Crippen MR) is 131 cm³/mol. The highest BCUT2D eigenvalue weighted by atomic mass is 19.4. The Kier molecular flexibility index (Phi) is 6.67. The first-order valence-corrected chi connectivity index (χ1v) is 12.3. The van der Waals surface area contributed by atoms with E-state index in [0.29, 0.717) is 44.1 Å². The van der Waals surface area contributed by atoms with Gasteiger partial charge < -0.3 is 29.5 Å². The van der Waals surface area contributed by atoms with Gasteiger partial charge in [-0.3, -0.25) is 4.79 Å². The van der Waals surface area contributed by atoms with Crippen molar-refractivity contribution in [2.24, 2.45) is 7.05 Å². The number of piperidine rings is 1. The molecule has 0 spiro atoms. The van der Waals surface area contributed by atoms with Gasteiger partial charge in [0.15, 0.2) is 0 Å². The number of pyridine rings is 1. The van der Waals surface area contributed by atoms with Crippen LogP contribution in [-0.4, -0.2) is 73.6 Å². The molecule has 14 heteroatoms. The van der Waals surface area contributed by atoms with E-state index in [1.54, 1.807) is 30.2 Å². The number of hydrogen-bond donors (Lipinski definition) is 2. The van der Waals surface area contributed by atoms with E-state index in [0.717, 1.165) is 28.6 Å². The summed E-state index contributed by atoms with van der Waals surface area (Å²) in [5, 5.41) is 16.5. The van der Waals surface area contributed by atoms with E-state index < -0.39 is 35.1 Å². The molecule has 0 bridgehead atoms. The molecule has 204 valence electrons. The number of carbonyl (C=O) groups excluding carboxylic acids is 1. The average molecular weight is 536 g/mol. The van der Waals surface area contributed by atoms with Crippen molar-refractivity contribution in [3.8, 4) is 5.88 Å². The highest BCUT2D eigenvalue weighted by Crippen LogP contribution is 2.31. The predicted octanol–water partition coefficient (Wildman–Crippen LogP) is 2.48. The molecular formula is C24H28F3N7O4. The number of rotatable bonds is 5. The molecule has 2 fully saturated rings. The summed E-state index contributed by atoms with van der Waals surface area (Å²) in [6.45, 7) is 1.23. The first kappa shape index (κ1) is 25.8. The lowest BCUT2D eigenvalue weighted by Gasteiger charge is -2.37. The summed E-state index contributed by atoms with van der Waals surface area (Å²) in [5.41, 5.74) is -0.505. The van der Waals surface area contributed by atoms with E-state index in [1.807, 2.05) is 0 Å². The van der Waals surface area contributed by atoms with E-state index in [1.165, 1.54) is 11.9 Å². The van der Waals surface area contributed by atoms with Gasteiger partial charge in [-0.2, -0.15) is 18.3 Å². The number of halogens is 3. The van der Waals surface area contributed by atoms with E-state index in [-0.39, 0.29) is 12.1 Å². The summed E-state index contributed by atoms with van der Waals surface area (Å²) in [6, 6.07) is -0.167. The Labute approximate surface area is 215 Å². The van der Waals surface area contributed by atoms with Gasteiger partial charge in [0, 0.05) is 39.4 Å². The quantitative estimate of drug-likeness (QED) is 0.516. The number of aliphatic hydroxyl groups is 1. The number of ether oxygens (including phenoxy) is 1. The fraction of sp³-hybridized carbons (Fsp3) is 0.500. The van der Waals surface area contributed by atoms with Gasteiger partial charge in [-0.05, 0) is 31.7 Å². The van der Waals surface area contributed by atoms with Crippen LogP contribution < -0.4 is 20.5 Å². The van der Waals surface area contributed by atoms with Crippen molar-refractivity contribution in [3.63, 3.8) is 0 Å². The zero-order chi connectivity index (χ0) is 27.2. The third kappa shape index (κ3) is 4.99. The lowest BCUT2D eigenvalue weighted by atomic mass is 9.92. The Hall–Kier alpha value is -3.81. The fourth-order valence-electron chi connectivity index (χ4n) is 4.72. The molecule has 1 aliphatic heterocycles. The highest BCUT2D eigenvalue weighted by molar-refractivity contribution is 5.89. The summed E-state index contributed by atoms with van der Waals surface area (Å²) >= 11 is 0. The second-order valence-corrected chi connectivity index (χ2v) is 9.70. The van der Waals surface area contributed by atoms with Crippen LogP contribution in [0.1, 0.15) is 31.2 Å². The van der Waals surface area contributed by atoms with Crippen LogP contribution in [0.15, 0.2) is 35.6 Å². The summed E-state index contributed by atoms with van der Waals surface area (Å²) < 4.78 is 47.6. The number of aromatic nitrogens is 4. The van der Waals surface area contributed by atoms with Gasteiger partial charge in [-0.1, -0.05) is 0 Å². The van der Waals surface area contributed by atoms with E-state index >= 15 is 0 Å². The number of hydrogen-bond acceptors (Lipinski definition) is 7. The molecule has 1 aliphatic carbocycles. The van der Waals surface area contributed by atoms with Gasteiger partial charge in [0.05, 0.1) is 35.9 Å². The first-order valence-electron chi connectivity index (χ1n) is 12.3. The Morgan fingerprint density at radius 3 is 2.55 bits per heavy atom. The van der Waals surface area contributed by atoms with Crippen LogP contribution in [0, 0.1) is 0 Å². The monoisotopic (exact) mass is 535 g/mol. The molecule has 0 radical (unpaired) electrons. The number of aliphatic hydroxyl groups excluding tert-OH is 1. The molecule has 1 saturated heterocycles. The SMILES string of the molecule is CN(C(=O)Nc1cc(C(F)(F)F)cn(C)c1=O)C1CCN(c2cnn3cc(O[C@@H]4CC[C@H]4O)ncc23)CC1. The number of carbonyl (C=O) groups is 1. The number of anilines is 2. The van der Waals surface area contributed by atoms with Gasteiger partial charge in [0.1, 0.15) is 17.3 Å². The van der Waals surface area contributed by atoms with Crippen molar-refractivity contribution in [1.82, 2.24) is 24.1 Å². The van der Waals surface area contributed by atoms with Crippen LogP contribution in [0.3, 0.4) is 0 Å². The largest absolute Gasteiger partial charge is 0.471 e. The molecule has 0 aromatic carbocycles. The van der Waals surface area contributed by atoms with Gasteiger partial charge >= 0.3 is 12.2 Å². The van der Waals surface area contributed by atoms with E-state index in [2.05, 4.69) is 20.3 Å². The molecule has 38 heavy (non-hydrogen) atoms. The molecule has 2 atom stereocenters. The minimum Gasteiger partial charge on any atom is -0.471 e. The van der Waals surface area contributed by atoms with Gasteiger partial charge in [0.25, 0.3) is 5.56 Å². The van der Waals surface area contributed by atoms with Gasteiger partial charge in [0.2, 0.25) is 5.88 Å². The second-order valence-electron chi connectivity index (χ2n) is 9.70. The highest BCUT2D eigenvalue weighted by Gasteiger charge is 2.33. The minimum atomic E-state index is -4.65. The third-order valence-electron chi connectivity index (χ3n) is 7.23. The number of amides is 2. The number of aryl methyl sites for hydroxylation is 1. The Morgan fingerprint density at radius 1 is 1.18 bits per heavy atom. The standard InChI is InChI=1S/C24H28F3N7O4/c1-31-12-14(24(25,26)27)9-16(22(31)36)30-23(37)32(2)15-5-7-33(8-6-15)17-11-29-34-13-21(28-10-18(17)34)38-20-4-3-19(20)35/h9-13,15,19-20,35H,3-8H2,1-2H3,(H,30,37)/t19-,20-/m1/s1. The zero-order valence-electron chi connectivity index (χ0n) is 20.9. The fourth-order valence-corrected chi connectivity index (χ4v) is 4.72. The van der Waals surface area contributed by atoms with Crippen LogP contribution >= 0.6 is 0 Å².